The minimum absolute atomic E-state index is 0.359. The first-order valence-electron chi connectivity index (χ1n) is 7.82. The zero-order valence-electron chi connectivity index (χ0n) is 13.5. The summed E-state index contributed by atoms with van der Waals surface area (Å²) in [6.07, 6.45) is 10.2. The van der Waals surface area contributed by atoms with E-state index in [4.69, 9.17) is 9.47 Å². The molecule has 0 aliphatic rings. The fourth-order valence-electron chi connectivity index (χ4n) is 2.13. The van der Waals surface area contributed by atoms with E-state index in [1.807, 2.05) is 12.1 Å². The summed E-state index contributed by atoms with van der Waals surface area (Å²) >= 11 is 0. The van der Waals surface area contributed by atoms with Crippen LogP contribution >= 0.6 is 0 Å². The number of hydrogen-bond donors (Lipinski definition) is 0. The van der Waals surface area contributed by atoms with Gasteiger partial charge in [-0.15, -0.1) is 0 Å². The van der Waals surface area contributed by atoms with Crippen molar-refractivity contribution >= 4 is 0 Å². The van der Waals surface area contributed by atoms with Crippen molar-refractivity contribution < 1.29 is 9.47 Å². The number of unbranched alkanes of at least 4 members (excludes halogenated alkanes) is 6. The van der Waals surface area contributed by atoms with Crippen LogP contribution in [-0.2, 0) is 9.47 Å². The van der Waals surface area contributed by atoms with Gasteiger partial charge in [0.2, 0.25) is 0 Å². The highest BCUT2D eigenvalue weighted by Crippen LogP contribution is 2.15. The molecule has 0 N–H and O–H groups in total. The Morgan fingerprint density at radius 1 is 1.05 bits per heavy atom. The van der Waals surface area contributed by atoms with E-state index >= 15 is 0 Å². The molecule has 0 aromatic carbocycles. The van der Waals surface area contributed by atoms with Crippen LogP contribution in [0, 0.1) is 11.8 Å². The van der Waals surface area contributed by atoms with Crippen molar-refractivity contribution in [2.75, 3.05) is 14.2 Å². The zero-order chi connectivity index (χ0) is 15.3. The Kier molecular flexibility index (Phi) is 9.52. The van der Waals surface area contributed by atoms with Gasteiger partial charge in [-0.2, -0.15) is 0 Å². The topological polar surface area (TPSA) is 31.4 Å². The second-order valence-corrected chi connectivity index (χ2v) is 5.10. The first-order valence-corrected chi connectivity index (χ1v) is 7.82. The van der Waals surface area contributed by atoms with Crippen molar-refractivity contribution in [2.45, 2.75) is 58.2 Å². The van der Waals surface area contributed by atoms with E-state index in [0.29, 0.717) is 0 Å². The van der Waals surface area contributed by atoms with Crippen LogP contribution in [0.1, 0.15) is 69.4 Å². The molecule has 0 atom stereocenters. The number of hydrogen-bond acceptors (Lipinski definition) is 3. The highest BCUT2D eigenvalue weighted by molar-refractivity contribution is 5.29. The molecule has 116 valence electrons. The number of pyridine rings is 1. The Morgan fingerprint density at radius 3 is 2.38 bits per heavy atom. The van der Waals surface area contributed by atoms with Gasteiger partial charge in [-0.1, -0.05) is 44.9 Å². The minimum atomic E-state index is -0.359. The van der Waals surface area contributed by atoms with Crippen molar-refractivity contribution in [1.82, 2.24) is 4.98 Å². The standard InChI is InChI=1S/C18H27NO2/c1-4-5-6-7-8-9-10-11-12-17-14-13-16(15-19-17)18(20-2)21-3/h13-15,18H,4-10H2,1-3H3. The number of methoxy groups -OCH3 is 2. The normalized spacial score (nSPS) is 10.5. The summed E-state index contributed by atoms with van der Waals surface area (Å²) in [5.41, 5.74) is 1.71. The molecular weight excluding hydrogens is 262 g/mol. The van der Waals surface area contributed by atoms with Gasteiger partial charge in [0.25, 0.3) is 0 Å². The maximum absolute atomic E-state index is 5.18. The molecule has 0 amide bonds. The average molecular weight is 289 g/mol. The van der Waals surface area contributed by atoms with Crippen molar-refractivity contribution in [3.8, 4) is 11.8 Å². The molecule has 0 fully saturated rings. The largest absolute Gasteiger partial charge is 0.352 e. The summed E-state index contributed by atoms with van der Waals surface area (Å²) in [7, 11) is 3.23. The molecule has 0 saturated heterocycles. The molecule has 1 rings (SSSR count). The van der Waals surface area contributed by atoms with E-state index in [9.17, 15) is 0 Å². The average Bonchev–Trinajstić information content (AvgIpc) is 2.52. The quantitative estimate of drug-likeness (QED) is 0.382. The van der Waals surface area contributed by atoms with Crippen LogP contribution in [-0.4, -0.2) is 19.2 Å². The second-order valence-electron chi connectivity index (χ2n) is 5.10. The molecule has 1 aromatic rings. The zero-order valence-corrected chi connectivity index (χ0v) is 13.5. The molecule has 21 heavy (non-hydrogen) atoms. The summed E-state index contributed by atoms with van der Waals surface area (Å²) in [6.45, 7) is 2.24. The van der Waals surface area contributed by atoms with Gasteiger partial charge in [-0.25, -0.2) is 4.98 Å². The molecule has 3 heteroatoms. The predicted octanol–water partition coefficient (Wildman–Crippen LogP) is 4.48. The Hall–Kier alpha value is -1.37. The van der Waals surface area contributed by atoms with Gasteiger partial charge >= 0.3 is 0 Å². The first kappa shape index (κ1) is 17.7. The summed E-state index contributed by atoms with van der Waals surface area (Å²) in [5, 5.41) is 0. The third-order valence-electron chi connectivity index (χ3n) is 3.36. The number of rotatable bonds is 9. The highest BCUT2D eigenvalue weighted by atomic mass is 16.7. The molecule has 0 aliphatic carbocycles. The second kappa shape index (κ2) is 11.3. The monoisotopic (exact) mass is 289 g/mol. The van der Waals surface area contributed by atoms with E-state index in [0.717, 1.165) is 17.7 Å². The van der Waals surface area contributed by atoms with Crippen molar-refractivity contribution in [3.05, 3.63) is 29.6 Å². The van der Waals surface area contributed by atoms with Crippen molar-refractivity contribution in [1.29, 1.82) is 0 Å². The first-order chi connectivity index (χ1) is 10.3. The summed E-state index contributed by atoms with van der Waals surface area (Å²) < 4.78 is 10.4. The van der Waals surface area contributed by atoms with Crippen LogP contribution < -0.4 is 0 Å². The lowest BCUT2D eigenvalue weighted by Gasteiger charge is -2.12. The number of nitrogens with zero attached hydrogens (tertiary/aromatic N) is 1. The minimum Gasteiger partial charge on any atom is -0.352 e. The fourth-order valence-corrected chi connectivity index (χ4v) is 2.13. The molecule has 1 aromatic heterocycles. The lowest BCUT2D eigenvalue weighted by molar-refractivity contribution is -0.106. The summed E-state index contributed by atoms with van der Waals surface area (Å²) in [4.78, 5) is 4.32. The number of aromatic nitrogens is 1. The van der Waals surface area contributed by atoms with Crippen LogP contribution in [0.5, 0.6) is 0 Å². The molecule has 0 aliphatic heterocycles. The highest BCUT2D eigenvalue weighted by Gasteiger charge is 2.08. The van der Waals surface area contributed by atoms with Gasteiger partial charge < -0.3 is 9.47 Å². The van der Waals surface area contributed by atoms with E-state index < -0.39 is 0 Å². The van der Waals surface area contributed by atoms with Gasteiger partial charge in [0.1, 0.15) is 5.69 Å². The third kappa shape index (κ3) is 7.27. The Labute approximate surface area is 129 Å². The Bertz CT molecular complexity index is 427. The van der Waals surface area contributed by atoms with Gasteiger partial charge in [0.05, 0.1) is 0 Å². The van der Waals surface area contributed by atoms with E-state index in [2.05, 4.69) is 23.7 Å². The molecule has 3 nitrogen and oxygen atoms in total. The van der Waals surface area contributed by atoms with Crippen LogP contribution in [0.2, 0.25) is 0 Å². The van der Waals surface area contributed by atoms with E-state index in [-0.39, 0.29) is 6.29 Å². The summed E-state index contributed by atoms with van der Waals surface area (Å²) in [5.74, 6) is 6.30. The van der Waals surface area contributed by atoms with Gasteiger partial charge in [0.15, 0.2) is 6.29 Å². The van der Waals surface area contributed by atoms with E-state index in [1.54, 1.807) is 20.4 Å². The molecule has 1 heterocycles. The van der Waals surface area contributed by atoms with Gasteiger partial charge in [-0.05, 0) is 24.5 Å². The maximum atomic E-state index is 5.18. The fraction of sp³-hybridized carbons (Fsp3) is 0.611. The number of ether oxygens (including phenoxy) is 2. The summed E-state index contributed by atoms with van der Waals surface area (Å²) in [6, 6.07) is 3.86. The van der Waals surface area contributed by atoms with Crippen molar-refractivity contribution in [2.24, 2.45) is 0 Å². The molecular formula is C18H27NO2. The van der Waals surface area contributed by atoms with Crippen molar-refractivity contribution in [3.63, 3.8) is 0 Å². The van der Waals surface area contributed by atoms with Crippen LogP contribution in [0.3, 0.4) is 0 Å². The molecule has 0 radical (unpaired) electrons. The lowest BCUT2D eigenvalue weighted by Crippen LogP contribution is -2.04. The molecule has 0 saturated carbocycles. The third-order valence-corrected chi connectivity index (χ3v) is 3.36. The van der Waals surface area contributed by atoms with Crippen LogP contribution in [0.25, 0.3) is 0 Å². The van der Waals surface area contributed by atoms with Gasteiger partial charge in [0, 0.05) is 32.4 Å². The van der Waals surface area contributed by atoms with E-state index in [1.165, 1.54) is 38.5 Å². The smallest absolute Gasteiger partial charge is 0.184 e. The van der Waals surface area contributed by atoms with Gasteiger partial charge in [-0.3, -0.25) is 0 Å². The Morgan fingerprint density at radius 2 is 1.76 bits per heavy atom. The lowest BCUT2D eigenvalue weighted by atomic mass is 10.1. The SMILES string of the molecule is CCCCCCCCC#Cc1ccc(C(OC)OC)cn1. The Balaban J connectivity index is 2.31. The van der Waals surface area contributed by atoms with Crippen LogP contribution in [0.4, 0.5) is 0 Å². The molecule has 0 unspecified atom stereocenters. The van der Waals surface area contributed by atoms with Crippen LogP contribution in [0.15, 0.2) is 18.3 Å². The molecule has 0 bridgehead atoms. The predicted molar refractivity (Wildman–Crippen MR) is 85.9 cm³/mol. The molecule has 0 spiro atoms. The maximum Gasteiger partial charge on any atom is 0.184 e.